The van der Waals surface area contributed by atoms with E-state index in [1.807, 2.05) is 18.2 Å². The van der Waals surface area contributed by atoms with Gasteiger partial charge in [0.2, 0.25) is 0 Å². The van der Waals surface area contributed by atoms with Crippen LogP contribution >= 0.6 is 0 Å². The summed E-state index contributed by atoms with van der Waals surface area (Å²) in [5.41, 5.74) is 0.958. The van der Waals surface area contributed by atoms with E-state index in [4.69, 9.17) is 9.41 Å². The average molecular weight is 352 g/mol. The first-order valence-electron chi connectivity index (χ1n) is 9.73. The Hall–Kier alpha value is -2.27. The number of para-hydroxylation sites is 1. The molecule has 1 aromatic carbocycles. The fourth-order valence-electron chi connectivity index (χ4n) is 3.88. The molecule has 2 aliphatic heterocycles. The Balaban J connectivity index is 1.36. The van der Waals surface area contributed by atoms with Gasteiger partial charge in [0, 0.05) is 57.1 Å². The van der Waals surface area contributed by atoms with Gasteiger partial charge in [-0.25, -0.2) is 0 Å². The van der Waals surface area contributed by atoms with E-state index < -0.39 is 0 Å². The molecular weight excluding hydrogens is 324 g/mol. The Morgan fingerprint density at radius 2 is 2.12 bits per heavy atom. The lowest BCUT2D eigenvalue weighted by Crippen LogP contribution is -2.43. The molecule has 5 heteroatoms. The average Bonchev–Trinajstić information content (AvgIpc) is 3.39. The number of nitrogens with zero attached hydrogens (tertiary/aromatic N) is 3. The van der Waals surface area contributed by atoms with Crippen molar-refractivity contribution < 1.29 is 4.42 Å². The van der Waals surface area contributed by atoms with E-state index >= 15 is 0 Å². The third-order valence-electron chi connectivity index (χ3n) is 5.26. The van der Waals surface area contributed by atoms with E-state index in [0.29, 0.717) is 6.04 Å². The maximum absolute atomic E-state index is 5.90. The van der Waals surface area contributed by atoms with Crippen molar-refractivity contribution in [3.05, 3.63) is 48.2 Å². The zero-order valence-corrected chi connectivity index (χ0v) is 15.5. The predicted molar refractivity (Wildman–Crippen MR) is 107 cm³/mol. The van der Waals surface area contributed by atoms with Gasteiger partial charge in [-0.1, -0.05) is 30.4 Å². The van der Waals surface area contributed by atoms with Crippen molar-refractivity contribution in [2.45, 2.75) is 25.8 Å². The van der Waals surface area contributed by atoms with Gasteiger partial charge in [0.05, 0.1) is 0 Å². The maximum Gasteiger partial charge on any atom is 0.193 e. The highest BCUT2D eigenvalue weighted by Gasteiger charge is 2.29. The Kier molecular flexibility index (Phi) is 5.25. The Bertz CT molecular complexity index is 753. The van der Waals surface area contributed by atoms with Crippen molar-refractivity contribution in [1.29, 1.82) is 0 Å². The number of furan rings is 1. The van der Waals surface area contributed by atoms with Crippen LogP contribution in [0.4, 0.5) is 0 Å². The summed E-state index contributed by atoms with van der Waals surface area (Å²) < 4.78 is 5.90. The number of hydrogen-bond donors (Lipinski definition) is 1. The van der Waals surface area contributed by atoms with Crippen molar-refractivity contribution in [1.82, 2.24) is 15.1 Å². The zero-order valence-electron chi connectivity index (χ0n) is 15.5. The summed E-state index contributed by atoms with van der Waals surface area (Å²) in [6.07, 6.45) is 6.59. The number of hydrogen-bond acceptors (Lipinski definition) is 3. The molecule has 1 N–H and O–H groups in total. The standard InChI is InChI=1S/C21H28N4O/c1-2-22-21(25-14-10-18(16-25)24-12-5-6-13-24)23-11-9-19-15-17-7-3-4-8-20(17)26-19/h3-8,15,18H,2,9-14,16H2,1H3,(H,22,23). The van der Waals surface area contributed by atoms with E-state index in [0.717, 1.165) is 63.0 Å². The van der Waals surface area contributed by atoms with E-state index in [2.05, 4.69) is 46.3 Å². The highest BCUT2D eigenvalue weighted by atomic mass is 16.3. The Labute approximate surface area is 155 Å². The lowest BCUT2D eigenvalue weighted by atomic mass is 10.2. The second-order valence-electron chi connectivity index (χ2n) is 7.05. The molecule has 0 spiro atoms. The third kappa shape index (κ3) is 3.78. The summed E-state index contributed by atoms with van der Waals surface area (Å²) in [4.78, 5) is 9.82. The first-order valence-corrected chi connectivity index (χ1v) is 9.73. The Morgan fingerprint density at radius 3 is 2.92 bits per heavy atom. The van der Waals surface area contributed by atoms with Crippen LogP contribution in [0.15, 0.2) is 51.9 Å². The molecule has 2 aromatic rings. The van der Waals surface area contributed by atoms with Gasteiger partial charge in [0.25, 0.3) is 0 Å². The molecule has 1 aromatic heterocycles. The molecule has 3 heterocycles. The van der Waals surface area contributed by atoms with Gasteiger partial charge in [-0.2, -0.15) is 0 Å². The Morgan fingerprint density at radius 1 is 1.27 bits per heavy atom. The molecule has 0 aliphatic carbocycles. The molecule has 0 radical (unpaired) electrons. The van der Waals surface area contributed by atoms with Crippen molar-refractivity contribution in [2.75, 3.05) is 39.3 Å². The van der Waals surface area contributed by atoms with Crippen molar-refractivity contribution in [3.63, 3.8) is 0 Å². The number of guanidine groups is 1. The van der Waals surface area contributed by atoms with Crippen LogP contribution in [0, 0.1) is 0 Å². The highest BCUT2D eigenvalue weighted by Crippen LogP contribution is 2.20. The van der Waals surface area contributed by atoms with Gasteiger partial charge in [-0.05, 0) is 25.5 Å². The van der Waals surface area contributed by atoms with Crippen LogP contribution in [-0.2, 0) is 6.42 Å². The topological polar surface area (TPSA) is 44.0 Å². The molecule has 1 atom stereocenters. The van der Waals surface area contributed by atoms with Crippen LogP contribution in [-0.4, -0.2) is 61.1 Å². The summed E-state index contributed by atoms with van der Waals surface area (Å²) in [6.45, 7) is 8.11. The summed E-state index contributed by atoms with van der Waals surface area (Å²) in [6, 6.07) is 10.9. The van der Waals surface area contributed by atoms with Crippen LogP contribution in [0.1, 0.15) is 19.1 Å². The second-order valence-corrected chi connectivity index (χ2v) is 7.05. The van der Waals surface area contributed by atoms with Crippen molar-refractivity contribution in [3.8, 4) is 0 Å². The molecule has 1 unspecified atom stereocenters. The van der Waals surface area contributed by atoms with Gasteiger partial charge in [-0.15, -0.1) is 0 Å². The fourth-order valence-corrected chi connectivity index (χ4v) is 3.88. The lowest BCUT2D eigenvalue weighted by molar-refractivity contribution is 0.259. The molecular formula is C21H28N4O. The summed E-state index contributed by atoms with van der Waals surface area (Å²) in [5, 5.41) is 4.63. The fraction of sp³-hybridized carbons (Fsp3) is 0.476. The van der Waals surface area contributed by atoms with E-state index in [-0.39, 0.29) is 0 Å². The first kappa shape index (κ1) is 17.2. The second kappa shape index (κ2) is 7.96. The van der Waals surface area contributed by atoms with Gasteiger partial charge >= 0.3 is 0 Å². The van der Waals surface area contributed by atoms with Crippen LogP contribution < -0.4 is 5.32 Å². The molecule has 26 heavy (non-hydrogen) atoms. The third-order valence-corrected chi connectivity index (χ3v) is 5.26. The number of nitrogens with one attached hydrogen (secondary N) is 1. The van der Waals surface area contributed by atoms with Gasteiger partial charge in [-0.3, -0.25) is 9.89 Å². The minimum Gasteiger partial charge on any atom is -0.461 e. The molecule has 0 saturated carbocycles. The van der Waals surface area contributed by atoms with Gasteiger partial charge < -0.3 is 14.6 Å². The molecule has 4 rings (SSSR count). The molecule has 138 valence electrons. The van der Waals surface area contributed by atoms with E-state index in [1.54, 1.807) is 0 Å². The first-order chi connectivity index (χ1) is 12.8. The van der Waals surface area contributed by atoms with Gasteiger partial charge in [0.15, 0.2) is 5.96 Å². The highest BCUT2D eigenvalue weighted by molar-refractivity contribution is 5.80. The molecule has 0 bridgehead atoms. The van der Waals surface area contributed by atoms with E-state index in [9.17, 15) is 0 Å². The van der Waals surface area contributed by atoms with E-state index in [1.165, 1.54) is 11.8 Å². The van der Waals surface area contributed by atoms with Crippen molar-refractivity contribution in [2.24, 2.45) is 4.99 Å². The number of fused-ring (bicyclic) bond motifs is 1. The number of likely N-dealkylation sites (tertiary alicyclic amines) is 1. The maximum atomic E-state index is 5.90. The number of benzene rings is 1. The molecule has 1 saturated heterocycles. The minimum absolute atomic E-state index is 0.643. The molecule has 2 aliphatic rings. The normalized spacial score (nSPS) is 21.2. The zero-order chi connectivity index (χ0) is 17.8. The largest absolute Gasteiger partial charge is 0.461 e. The van der Waals surface area contributed by atoms with Crippen LogP contribution in [0.5, 0.6) is 0 Å². The quantitative estimate of drug-likeness (QED) is 0.511. The SMILES string of the molecule is CCNC(=NCCc1cc2ccccc2o1)N1CCC(N2CC=CC2)C1. The van der Waals surface area contributed by atoms with Gasteiger partial charge in [0.1, 0.15) is 11.3 Å². The van der Waals surface area contributed by atoms with Crippen molar-refractivity contribution >= 4 is 16.9 Å². The number of rotatable bonds is 5. The van der Waals surface area contributed by atoms with Crippen LogP contribution in [0.25, 0.3) is 11.0 Å². The smallest absolute Gasteiger partial charge is 0.193 e. The number of aliphatic imine (C=N–C) groups is 1. The molecule has 5 nitrogen and oxygen atoms in total. The van der Waals surface area contributed by atoms with Crippen LogP contribution in [0.3, 0.4) is 0 Å². The summed E-state index contributed by atoms with van der Waals surface area (Å²) in [7, 11) is 0. The molecule has 1 fully saturated rings. The monoisotopic (exact) mass is 352 g/mol. The molecule has 0 amide bonds. The predicted octanol–water partition coefficient (Wildman–Crippen LogP) is 2.89. The summed E-state index contributed by atoms with van der Waals surface area (Å²) in [5.74, 6) is 2.05. The lowest BCUT2D eigenvalue weighted by Gasteiger charge is -2.25. The minimum atomic E-state index is 0.643. The van der Waals surface area contributed by atoms with Crippen LogP contribution in [0.2, 0.25) is 0 Å². The summed E-state index contributed by atoms with van der Waals surface area (Å²) >= 11 is 0.